The van der Waals surface area contributed by atoms with Crippen molar-refractivity contribution in [2.75, 3.05) is 25.4 Å². The number of amides is 1. The highest BCUT2D eigenvalue weighted by Crippen LogP contribution is 2.26. The lowest BCUT2D eigenvalue weighted by Gasteiger charge is -2.15. The minimum absolute atomic E-state index is 0.0922. The zero-order valence-corrected chi connectivity index (χ0v) is 18.8. The number of aryl methyl sites for hydroxylation is 1. The van der Waals surface area contributed by atoms with Gasteiger partial charge in [-0.05, 0) is 33.3 Å². The standard InChI is InChI=1S/C22H27N5O3S/c1-15(2)27-21-19(14-24-27)18(13-20(25-21)17-7-5-16(3)6-8-17)22(28)23-9-11-26-10-4-12-31(26,29)30/h5-8,13-15H,4,9-12H2,1-3H3,(H,23,28). The molecule has 1 aliphatic heterocycles. The molecular formula is C22H27N5O3S. The van der Waals surface area contributed by atoms with Gasteiger partial charge >= 0.3 is 0 Å². The minimum Gasteiger partial charge on any atom is -0.351 e. The lowest BCUT2D eigenvalue weighted by molar-refractivity contribution is 0.0953. The second kappa shape index (κ2) is 8.39. The van der Waals surface area contributed by atoms with Gasteiger partial charge in [-0.25, -0.2) is 22.4 Å². The maximum atomic E-state index is 13.1. The Kier molecular flexibility index (Phi) is 5.81. The van der Waals surface area contributed by atoms with E-state index >= 15 is 0 Å². The van der Waals surface area contributed by atoms with E-state index in [0.717, 1.165) is 11.1 Å². The summed E-state index contributed by atoms with van der Waals surface area (Å²) in [7, 11) is -3.18. The second-order valence-corrected chi connectivity index (χ2v) is 10.3. The van der Waals surface area contributed by atoms with E-state index in [1.165, 1.54) is 4.31 Å². The van der Waals surface area contributed by atoms with Crippen molar-refractivity contribution in [3.63, 3.8) is 0 Å². The molecule has 0 aliphatic carbocycles. The molecule has 31 heavy (non-hydrogen) atoms. The maximum absolute atomic E-state index is 13.1. The number of fused-ring (bicyclic) bond motifs is 1. The molecule has 0 bridgehead atoms. The Morgan fingerprint density at radius 2 is 1.97 bits per heavy atom. The van der Waals surface area contributed by atoms with E-state index in [9.17, 15) is 13.2 Å². The molecule has 0 atom stereocenters. The van der Waals surface area contributed by atoms with Gasteiger partial charge in [0.2, 0.25) is 10.0 Å². The van der Waals surface area contributed by atoms with Gasteiger partial charge in [0.25, 0.3) is 5.91 Å². The van der Waals surface area contributed by atoms with Crippen LogP contribution in [0.15, 0.2) is 36.5 Å². The maximum Gasteiger partial charge on any atom is 0.252 e. The Labute approximate surface area is 182 Å². The molecule has 8 nitrogen and oxygen atoms in total. The molecular weight excluding hydrogens is 414 g/mol. The molecule has 0 saturated carbocycles. The number of aromatic nitrogens is 3. The zero-order valence-electron chi connectivity index (χ0n) is 18.0. The summed E-state index contributed by atoms with van der Waals surface area (Å²) >= 11 is 0. The van der Waals surface area contributed by atoms with Crippen molar-refractivity contribution < 1.29 is 13.2 Å². The van der Waals surface area contributed by atoms with Crippen molar-refractivity contribution in [2.24, 2.45) is 0 Å². The molecule has 1 amide bonds. The lowest BCUT2D eigenvalue weighted by Crippen LogP contribution is -2.36. The van der Waals surface area contributed by atoms with E-state index in [2.05, 4.69) is 10.4 Å². The van der Waals surface area contributed by atoms with Gasteiger partial charge in [-0.2, -0.15) is 5.10 Å². The molecule has 1 aliphatic rings. The van der Waals surface area contributed by atoms with Crippen molar-refractivity contribution in [3.05, 3.63) is 47.7 Å². The number of hydrogen-bond donors (Lipinski definition) is 1. The monoisotopic (exact) mass is 441 g/mol. The van der Waals surface area contributed by atoms with E-state index < -0.39 is 10.0 Å². The Bertz CT molecular complexity index is 1220. The van der Waals surface area contributed by atoms with Crippen LogP contribution in [0.2, 0.25) is 0 Å². The molecule has 4 rings (SSSR count). The summed E-state index contributed by atoms with van der Waals surface area (Å²) in [5, 5.41) is 7.98. The molecule has 0 radical (unpaired) electrons. The Morgan fingerprint density at radius 3 is 2.61 bits per heavy atom. The third-order valence-corrected chi connectivity index (χ3v) is 7.45. The lowest BCUT2D eigenvalue weighted by atomic mass is 10.1. The fraction of sp³-hybridized carbons (Fsp3) is 0.409. The van der Waals surface area contributed by atoms with Crippen molar-refractivity contribution in [3.8, 4) is 11.3 Å². The first kappa shape index (κ1) is 21.5. The van der Waals surface area contributed by atoms with Gasteiger partial charge in [0, 0.05) is 31.2 Å². The molecule has 164 valence electrons. The SMILES string of the molecule is Cc1ccc(-c2cc(C(=O)NCCN3CCCS3(=O)=O)c3cnn(C(C)C)c3n2)cc1. The van der Waals surface area contributed by atoms with Gasteiger partial charge in [0.15, 0.2) is 5.65 Å². The van der Waals surface area contributed by atoms with Crippen molar-refractivity contribution in [1.82, 2.24) is 24.4 Å². The van der Waals surface area contributed by atoms with Crippen LogP contribution in [0, 0.1) is 6.92 Å². The van der Waals surface area contributed by atoms with E-state index in [-0.39, 0.29) is 30.8 Å². The van der Waals surface area contributed by atoms with Crippen molar-refractivity contribution >= 4 is 27.0 Å². The summed E-state index contributed by atoms with van der Waals surface area (Å²) in [6.07, 6.45) is 2.30. The summed E-state index contributed by atoms with van der Waals surface area (Å²) in [4.78, 5) is 17.9. The molecule has 1 aromatic carbocycles. The molecule has 0 unspecified atom stereocenters. The van der Waals surface area contributed by atoms with Crippen LogP contribution in [-0.4, -0.2) is 58.8 Å². The number of carbonyl (C=O) groups is 1. The smallest absolute Gasteiger partial charge is 0.252 e. The fourth-order valence-corrected chi connectivity index (χ4v) is 5.32. The molecule has 9 heteroatoms. The highest BCUT2D eigenvalue weighted by Gasteiger charge is 2.27. The van der Waals surface area contributed by atoms with Crippen LogP contribution in [-0.2, 0) is 10.0 Å². The van der Waals surface area contributed by atoms with Gasteiger partial charge in [0.1, 0.15) is 0 Å². The van der Waals surface area contributed by atoms with Gasteiger partial charge in [0.05, 0.1) is 28.6 Å². The van der Waals surface area contributed by atoms with Crippen LogP contribution in [0.1, 0.15) is 42.2 Å². The highest BCUT2D eigenvalue weighted by molar-refractivity contribution is 7.89. The van der Waals surface area contributed by atoms with Crippen LogP contribution in [0.4, 0.5) is 0 Å². The van der Waals surface area contributed by atoms with Crippen LogP contribution in [0.25, 0.3) is 22.3 Å². The van der Waals surface area contributed by atoms with Gasteiger partial charge in [-0.3, -0.25) is 4.79 Å². The highest BCUT2D eigenvalue weighted by atomic mass is 32.2. The molecule has 1 fully saturated rings. The molecule has 0 spiro atoms. The average molecular weight is 442 g/mol. The number of nitrogens with zero attached hydrogens (tertiary/aromatic N) is 4. The first-order valence-corrected chi connectivity index (χ1v) is 12.1. The minimum atomic E-state index is -3.18. The quantitative estimate of drug-likeness (QED) is 0.634. The number of benzene rings is 1. The number of rotatable bonds is 6. The van der Waals surface area contributed by atoms with Gasteiger partial charge in [-0.15, -0.1) is 0 Å². The largest absolute Gasteiger partial charge is 0.351 e. The van der Waals surface area contributed by atoms with E-state index in [1.54, 1.807) is 16.9 Å². The van der Waals surface area contributed by atoms with Crippen LogP contribution in [0.3, 0.4) is 0 Å². The summed E-state index contributed by atoms with van der Waals surface area (Å²) in [6.45, 7) is 7.09. The van der Waals surface area contributed by atoms with Crippen LogP contribution >= 0.6 is 0 Å². The number of nitrogens with one attached hydrogen (secondary N) is 1. The predicted octanol–water partition coefficient (Wildman–Crippen LogP) is 2.75. The van der Waals surface area contributed by atoms with E-state index in [4.69, 9.17) is 4.98 Å². The number of hydrogen-bond acceptors (Lipinski definition) is 5. The topological polar surface area (TPSA) is 97.2 Å². The van der Waals surface area contributed by atoms with Gasteiger partial charge in [-0.1, -0.05) is 29.8 Å². The summed E-state index contributed by atoms with van der Waals surface area (Å²) < 4.78 is 27.2. The van der Waals surface area contributed by atoms with Crippen LogP contribution < -0.4 is 5.32 Å². The van der Waals surface area contributed by atoms with E-state index in [1.807, 2.05) is 45.0 Å². The van der Waals surface area contributed by atoms with Crippen molar-refractivity contribution in [1.29, 1.82) is 0 Å². The Morgan fingerprint density at radius 1 is 1.23 bits per heavy atom. The average Bonchev–Trinajstić information content (AvgIpc) is 3.30. The Hall–Kier alpha value is -2.78. The first-order valence-electron chi connectivity index (χ1n) is 10.5. The molecule has 3 heterocycles. The molecule has 3 aromatic rings. The van der Waals surface area contributed by atoms with E-state index in [0.29, 0.717) is 35.3 Å². The summed E-state index contributed by atoms with van der Waals surface area (Å²) in [5.74, 6) is -0.0825. The fourth-order valence-electron chi connectivity index (χ4n) is 3.79. The zero-order chi connectivity index (χ0) is 22.2. The molecule has 1 N–H and O–H groups in total. The number of carbonyl (C=O) groups excluding carboxylic acids is 1. The molecule has 2 aromatic heterocycles. The second-order valence-electron chi connectivity index (χ2n) is 8.17. The van der Waals surface area contributed by atoms with Gasteiger partial charge < -0.3 is 5.32 Å². The third kappa shape index (κ3) is 4.33. The summed E-state index contributed by atoms with van der Waals surface area (Å²) in [5.41, 5.74) is 3.90. The van der Waals surface area contributed by atoms with Crippen molar-refractivity contribution in [2.45, 2.75) is 33.2 Å². The number of pyridine rings is 1. The first-order chi connectivity index (χ1) is 14.8. The normalized spacial score (nSPS) is 16.3. The third-order valence-electron chi connectivity index (χ3n) is 5.50. The Balaban J connectivity index is 1.65. The number of sulfonamides is 1. The molecule has 1 saturated heterocycles. The predicted molar refractivity (Wildman–Crippen MR) is 120 cm³/mol. The summed E-state index contributed by atoms with van der Waals surface area (Å²) in [6, 6.07) is 9.86. The van der Waals surface area contributed by atoms with Crippen LogP contribution in [0.5, 0.6) is 0 Å².